The van der Waals surface area contributed by atoms with Crippen LogP contribution in [0.2, 0.25) is 0 Å². The average molecular weight is 622 g/mol. The van der Waals surface area contributed by atoms with Gasteiger partial charge in [0.25, 0.3) is 0 Å². The molecule has 1 nitrogen and oxygen atoms in total. The highest BCUT2D eigenvalue weighted by Gasteiger charge is 2.19. The van der Waals surface area contributed by atoms with Gasteiger partial charge in [-0.15, -0.1) is 0 Å². The van der Waals surface area contributed by atoms with Crippen molar-refractivity contribution in [1.29, 1.82) is 0 Å². The zero-order chi connectivity index (χ0) is 32.3. The fourth-order valence-corrected chi connectivity index (χ4v) is 8.00. The molecule has 1 aromatic heterocycles. The minimum absolute atomic E-state index is 1.17. The Labute approximate surface area is 284 Å². The summed E-state index contributed by atoms with van der Waals surface area (Å²) in [6.07, 6.45) is 0. The molecule has 1 heterocycles. The van der Waals surface area contributed by atoms with Crippen LogP contribution < -0.4 is 0 Å². The molecule has 0 atom stereocenters. The Hall–Kier alpha value is -6.44. The van der Waals surface area contributed by atoms with Gasteiger partial charge in [-0.05, 0) is 90.0 Å². The number of nitrogens with zero attached hydrogens (tertiary/aromatic N) is 1. The van der Waals surface area contributed by atoms with Crippen LogP contribution in [0.5, 0.6) is 0 Å². The van der Waals surface area contributed by atoms with Crippen molar-refractivity contribution >= 4 is 54.1 Å². The number of hydrogen-bond acceptors (Lipinski definition) is 0. The first-order valence-electron chi connectivity index (χ1n) is 16.9. The van der Waals surface area contributed by atoms with Crippen molar-refractivity contribution in [3.63, 3.8) is 0 Å². The molecule has 0 saturated heterocycles. The van der Waals surface area contributed by atoms with Gasteiger partial charge in [0, 0.05) is 16.5 Å². The predicted octanol–water partition coefficient (Wildman–Crippen LogP) is 13.2. The lowest BCUT2D eigenvalue weighted by molar-refractivity contribution is 1.18. The van der Waals surface area contributed by atoms with Crippen LogP contribution in [0.3, 0.4) is 0 Å². The second-order valence-electron chi connectivity index (χ2n) is 12.9. The monoisotopic (exact) mass is 621 g/mol. The van der Waals surface area contributed by atoms with Crippen LogP contribution >= 0.6 is 0 Å². The zero-order valence-electron chi connectivity index (χ0n) is 26.8. The molecule has 0 fully saturated rings. The number of rotatable bonds is 4. The van der Waals surface area contributed by atoms with Crippen LogP contribution in [0.15, 0.2) is 188 Å². The fraction of sp³-hybridized carbons (Fsp3) is 0. The molecule has 0 spiro atoms. The number of aromatic nitrogens is 1. The van der Waals surface area contributed by atoms with Gasteiger partial charge in [0.15, 0.2) is 0 Å². The maximum Gasteiger partial charge on any atom is 0.0547 e. The van der Waals surface area contributed by atoms with Gasteiger partial charge in [-0.3, -0.25) is 0 Å². The summed E-state index contributed by atoms with van der Waals surface area (Å²) in [5.74, 6) is 0. The summed E-state index contributed by atoms with van der Waals surface area (Å²) in [5, 5.41) is 10.2. The van der Waals surface area contributed by atoms with Crippen LogP contribution in [0.1, 0.15) is 0 Å². The lowest BCUT2D eigenvalue weighted by atomic mass is 9.84. The molecule has 0 aliphatic rings. The van der Waals surface area contributed by atoms with E-state index in [4.69, 9.17) is 0 Å². The minimum Gasteiger partial charge on any atom is -0.309 e. The van der Waals surface area contributed by atoms with E-state index in [0.717, 1.165) is 0 Å². The molecule has 9 aromatic carbocycles. The molecule has 0 radical (unpaired) electrons. The summed E-state index contributed by atoms with van der Waals surface area (Å²) >= 11 is 0. The highest BCUT2D eigenvalue weighted by molar-refractivity contribution is 6.28. The number of fused-ring (bicyclic) bond motifs is 7. The minimum atomic E-state index is 1.17. The molecule has 0 unspecified atom stereocenters. The molecular weight excluding hydrogens is 591 g/mol. The summed E-state index contributed by atoms with van der Waals surface area (Å²) in [6, 6.07) is 68.7. The Morgan fingerprint density at radius 3 is 1.59 bits per heavy atom. The van der Waals surface area contributed by atoms with Crippen LogP contribution in [0.4, 0.5) is 0 Å². The molecule has 228 valence electrons. The number of benzene rings is 9. The smallest absolute Gasteiger partial charge is 0.0547 e. The van der Waals surface area contributed by atoms with Gasteiger partial charge >= 0.3 is 0 Å². The van der Waals surface area contributed by atoms with E-state index in [1.165, 1.54) is 93.2 Å². The van der Waals surface area contributed by atoms with E-state index in [2.05, 4.69) is 193 Å². The summed E-state index contributed by atoms with van der Waals surface area (Å²) < 4.78 is 2.39. The Bertz CT molecular complexity index is 2840. The Balaban J connectivity index is 1.19. The molecule has 0 amide bonds. The van der Waals surface area contributed by atoms with Crippen molar-refractivity contribution in [2.24, 2.45) is 0 Å². The summed E-state index contributed by atoms with van der Waals surface area (Å²) in [5.41, 5.74) is 11.1. The third-order valence-electron chi connectivity index (χ3n) is 10.2. The molecule has 0 saturated carbocycles. The van der Waals surface area contributed by atoms with E-state index in [9.17, 15) is 0 Å². The van der Waals surface area contributed by atoms with Crippen molar-refractivity contribution in [3.8, 4) is 39.1 Å². The van der Waals surface area contributed by atoms with Crippen molar-refractivity contribution in [2.45, 2.75) is 0 Å². The van der Waals surface area contributed by atoms with Crippen molar-refractivity contribution in [1.82, 2.24) is 4.57 Å². The standard InChI is InChI=1S/C48H31N/c1-3-14-34(15-4-1)47-42-21-10-9-20-41(42)46(43-30-27-33-13-7-8-18-38(33)48(43)47)35-25-23-32(24-26-35)36-28-29-40-39-19-11-12-22-44(39)49(45(40)31-36)37-16-5-2-6-17-37/h1-31H. The molecule has 0 bridgehead atoms. The van der Waals surface area contributed by atoms with Crippen LogP contribution in [0, 0.1) is 0 Å². The van der Waals surface area contributed by atoms with E-state index >= 15 is 0 Å². The van der Waals surface area contributed by atoms with Crippen molar-refractivity contribution in [3.05, 3.63) is 188 Å². The normalized spacial score (nSPS) is 11.7. The second kappa shape index (κ2) is 11.1. The maximum absolute atomic E-state index is 2.39. The molecule has 10 rings (SSSR count). The SMILES string of the molecule is c1ccc(-c2c3ccccc3c(-c3ccc(-c4ccc5c6ccccc6n(-c6ccccc6)c5c4)cc3)c3ccc4ccccc4c23)cc1. The Morgan fingerprint density at radius 1 is 0.286 bits per heavy atom. The topological polar surface area (TPSA) is 4.93 Å². The molecular formula is C48H31N. The zero-order valence-corrected chi connectivity index (χ0v) is 26.8. The summed E-state index contributed by atoms with van der Waals surface area (Å²) in [6.45, 7) is 0. The first-order chi connectivity index (χ1) is 24.3. The van der Waals surface area contributed by atoms with Crippen LogP contribution in [0.25, 0.3) is 93.2 Å². The van der Waals surface area contributed by atoms with Gasteiger partial charge in [0.1, 0.15) is 0 Å². The molecule has 10 aromatic rings. The van der Waals surface area contributed by atoms with Gasteiger partial charge in [0.2, 0.25) is 0 Å². The number of hydrogen-bond donors (Lipinski definition) is 0. The lowest BCUT2D eigenvalue weighted by Gasteiger charge is -2.19. The lowest BCUT2D eigenvalue weighted by Crippen LogP contribution is -1.93. The van der Waals surface area contributed by atoms with Gasteiger partial charge in [-0.1, -0.05) is 164 Å². The highest BCUT2D eigenvalue weighted by Crippen LogP contribution is 2.46. The number of para-hydroxylation sites is 2. The largest absolute Gasteiger partial charge is 0.309 e. The Morgan fingerprint density at radius 2 is 0.816 bits per heavy atom. The van der Waals surface area contributed by atoms with Crippen LogP contribution in [-0.4, -0.2) is 4.57 Å². The fourth-order valence-electron chi connectivity index (χ4n) is 8.00. The molecule has 0 N–H and O–H groups in total. The van der Waals surface area contributed by atoms with Gasteiger partial charge in [-0.2, -0.15) is 0 Å². The molecule has 49 heavy (non-hydrogen) atoms. The third-order valence-corrected chi connectivity index (χ3v) is 10.2. The molecule has 1 heteroatoms. The highest BCUT2D eigenvalue weighted by atomic mass is 15.0. The van der Waals surface area contributed by atoms with E-state index in [-0.39, 0.29) is 0 Å². The second-order valence-corrected chi connectivity index (χ2v) is 12.9. The van der Waals surface area contributed by atoms with Gasteiger partial charge in [0.05, 0.1) is 11.0 Å². The van der Waals surface area contributed by atoms with Crippen molar-refractivity contribution < 1.29 is 0 Å². The predicted molar refractivity (Wildman–Crippen MR) is 210 cm³/mol. The van der Waals surface area contributed by atoms with E-state index in [1.54, 1.807) is 0 Å². The first-order valence-corrected chi connectivity index (χ1v) is 16.9. The first kappa shape index (κ1) is 27.7. The quantitative estimate of drug-likeness (QED) is 0.136. The van der Waals surface area contributed by atoms with E-state index < -0.39 is 0 Å². The Kier molecular flexibility index (Phi) is 6.25. The molecule has 0 aliphatic carbocycles. The van der Waals surface area contributed by atoms with Crippen LogP contribution in [-0.2, 0) is 0 Å². The van der Waals surface area contributed by atoms with Crippen molar-refractivity contribution in [2.75, 3.05) is 0 Å². The van der Waals surface area contributed by atoms with E-state index in [0.29, 0.717) is 0 Å². The third kappa shape index (κ3) is 4.33. The van der Waals surface area contributed by atoms with E-state index in [1.807, 2.05) is 0 Å². The maximum atomic E-state index is 2.39. The van der Waals surface area contributed by atoms with Gasteiger partial charge in [-0.25, -0.2) is 0 Å². The summed E-state index contributed by atoms with van der Waals surface area (Å²) in [7, 11) is 0. The molecule has 0 aliphatic heterocycles. The summed E-state index contributed by atoms with van der Waals surface area (Å²) in [4.78, 5) is 0. The van der Waals surface area contributed by atoms with Gasteiger partial charge < -0.3 is 4.57 Å². The average Bonchev–Trinajstić information content (AvgIpc) is 3.51.